The molecule has 2 aromatic carbocycles. The molecule has 3 rings (SSSR count). The molecule has 0 fully saturated rings. The number of carbonyl (C=O) groups is 1. The van der Waals surface area contributed by atoms with E-state index in [-0.39, 0.29) is 6.03 Å². The van der Waals surface area contributed by atoms with Crippen molar-refractivity contribution in [2.45, 2.75) is 25.6 Å². The highest BCUT2D eigenvalue weighted by atomic mass is 32.2. The summed E-state index contributed by atoms with van der Waals surface area (Å²) in [5.41, 5.74) is 3.57. The van der Waals surface area contributed by atoms with E-state index in [0.717, 1.165) is 35.0 Å². The SMILES string of the molecule is Cc1ccc(CSCCNC(=O)NCc2ccc3c(c2)OCCCO3)cc1. The molecular formula is C21H26N2O3S. The van der Waals surface area contributed by atoms with Gasteiger partial charge < -0.3 is 20.1 Å². The van der Waals surface area contributed by atoms with Gasteiger partial charge in [-0.15, -0.1) is 0 Å². The molecule has 6 heteroatoms. The van der Waals surface area contributed by atoms with Gasteiger partial charge in [-0.25, -0.2) is 4.79 Å². The second-order valence-electron chi connectivity index (χ2n) is 6.48. The molecule has 0 aliphatic carbocycles. The second-order valence-corrected chi connectivity index (χ2v) is 7.58. The second kappa shape index (κ2) is 10.1. The van der Waals surface area contributed by atoms with Gasteiger partial charge in [-0.3, -0.25) is 0 Å². The summed E-state index contributed by atoms with van der Waals surface area (Å²) in [6.45, 7) is 4.52. The number of benzene rings is 2. The Labute approximate surface area is 164 Å². The number of thioether (sulfide) groups is 1. The summed E-state index contributed by atoms with van der Waals surface area (Å²) < 4.78 is 11.3. The molecule has 5 nitrogen and oxygen atoms in total. The largest absolute Gasteiger partial charge is 0.490 e. The third kappa shape index (κ3) is 6.40. The minimum atomic E-state index is -0.155. The molecule has 0 atom stereocenters. The molecule has 27 heavy (non-hydrogen) atoms. The van der Waals surface area contributed by atoms with Gasteiger partial charge in [0.15, 0.2) is 11.5 Å². The van der Waals surface area contributed by atoms with Crippen LogP contribution in [-0.2, 0) is 12.3 Å². The number of hydrogen-bond donors (Lipinski definition) is 2. The first-order valence-corrected chi connectivity index (χ1v) is 10.4. The Bertz CT molecular complexity index is 750. The third-order valence-electron chi connectivity index (χ3n) is 4.19. The van der Waals surface area contributed by atoms with Gasteiger partial charge in [0.1, 0.15) is 0 Å². The van der Waals surface area contributed by atoms with Crippen LogP contribution >= 0.6 is 11.8 Å². The molecule has 1 aliphatic rings. The van der Waals surface area contributed by atoms with Crippen LogP contribution in [0.5, 0.6) is 11.5 Å². The van der Waals surface area contributed by atoms with Crippen LogP contribution in [0.4, 0.5) is 4.79 Å². The van der Waals surface area contributed by atoms with E-state index in [1.807, 2.05) is 30.0 Å². The van der Waals surface area contributed by atoms with E-state index < -0.39 is 0 Å². The van der Waals surface area contributed by atoms with Crippen molar-refractivity contribution in [1.82, 2.24) is 10.6 Å². The molecule has 0 radical (unpaired) electrons. The minimum Gasteiger partial charge on any atom is -0.490 e. The standard InChI is InChI=1S/C21H26N2O3S/c1-16-3-5-17(6-4-16)15-27-12-9-22-21(24)23-14-18-7-8-19-20(13-18)26-11-2-10-25-19/h3-8,13H,2,9-12,14-15H2,1H3,(H2,22,23,24). The normalized spacial score (nSPS) is 12.9. The molecule has 0 spiro atoms. The highest BCUT2D eigenvalue weighted by Crippen LogP contribution is 2.30. The number of carbonyl (C=O) groups excluding carboxylic acids is 1. The predicted molar refractivity (Wildman–Crippen MR) is 110 cm³/mol. The maximum Gasteiger partial charge on any atom is 0.315 e. The van der Waals surface area contributed by atoms with Gasteiger partial charge in [0.2, 0.25) is 0 Å². The summed E-state index contributed by atoms with van der Waals surface area (Å²) in [6.07, 6.45) is 0.882. The van der Waals surface area contributed by atoms with Crippen molar-refractivity contribution < 1.29 is 14.3 Å². The number of amides is 2. The van der Waals surface area contributed by atoms with E-state index in [2.05, 4.69) is 41.8 Å². The zero-order valence-corrected chi connectivity index (χ0v) is 16.4. The van der Waals surface area contributed by atoms with Gasteiger partial charge in [-0.1, -0.05) is 35.9 Å². The third-order valence-corrected chi connectivity index (χ3v) is 5.22. The molecule has 2 N–H and O–H groups in total. The number of nitrogens with one attached hydrogen (secondary N) is 2. The van der Waals surface area contributed by atoms with Crippen LogP contribution in [-0.4, -0.2) is 31.5 Å². The van der Waals surface area contributed by atoms with Gasteiger partial charge in [0.05, 0.1) is 13.2 Å². The monoisotopic (exact) mass is 386 g/mol. The van der Waals surface area contributed by atoms with Crippen molar-refractivity contribution in [2.75, 3.05) is 25.5 Å². The summed E-state index contributed by atoms with van der Waals surface area (Å²) in [5.74, 6) is 3.36. The minimum absolute atomic E-state index is 0.155. The van der Waals surface area contributed by atoms with Crippen LogP contribution in [0.15, 0.2) is 42.5 Å². The first-order chi connectivity index (χ1) is 13.2. The molecule has 0 saturated carbocycles. The van der Waals surface area contributed by atoms with Crippen LogP contribution in [0.25, 0.3) is 0 Å². The molecule has 2 aromatic rings. The number of hydrogen-bond acceptors (Lipinski definition) is 4. The lowest BCUT2D eigenvalue weighted by Crippen LogP contribution is -2.36. The van der Waals surface area contributed by atoms with Crippen LogP contribution in [0.2, 0.25) is 0 Å². The van der Waals surface area contributed by atoms with Gasteiger partial charge in [0, 0.05) is 31.0 Å². The lowest BCUT2D eigenvalue weighted by atomic mass is 10.2. The number of ether oxygens (including phenoxy) is 2. The van der Waals surface area contributed by atoms with Crippen molar-refractivity contribution >= 4 is 17.8 Å². The van der Waals surface area contributed by atoms with Crippen molar-refractivity contribution in [3.05, 3.63) is 59.2 Å². The molecule has 1 aliphatic heterocycles. The maximum atomic E-state index is 11.9. The molecule has 144 valence electrons. The van der Waals surface area contributed by atoms with E-state index in [1.165, 1.54) is 11.1 Å². The van der Waals surface area contributed by atoms with E-state index in [1.54, 1.807) is 0 Å². The fourth-order valence-electron chi connectivity index (χ4n) is 2.67. The summed E-state index contributed by atoms with van der Waals surface area (Å²) in [4.78, 5) is 11.9. The zero-order chi connectivity index (χ0) is 18.9. The quantitative estimate of drug-likeness (QED) is 0.709. The Morgan fingerprint density at radius 3 is 2.56 bits per heavy atom. The highest BCUT2D eigenvalue weighted by Gasteiger charge is 2.11. The highest BCUT2D eigenvalue weighted by molar-refractivity contribution is 7.98. The van der Waals surface area contributed by atoms with E-state index in [0.29, 0.717) is 26.3 Å². The fraction of sp³-hybridized carbons (Fsp3) is 0.381. The van der Waals surface area contributed by atoms with Crippen LogP contribution in [0.1, 0.15) is 23.1 Å². The van der Waals surface area contributed by atoms with Crippen LogP contribution < -0.4 is 20.1 Å². The van der Waals surface area contributed by atoms with E-state index in [4.69, 9.17) is 9.47 Å². The van der Waals surface area contributed by atoms with Crippen molar-refractivity contribution in [1.29, 1.82) is 0 Å². The Hall–Kier alpha value is -2.34. The summed E-state index contributed by atoms with van der Waals surface area (Å²) in [6, 6.07) is 14.2. The first kappa shape index (κ1) is 19.4. The topological polar surface area (TPSA) is 59.6 Å². The molecule has 0 aromatic heterocycles. The maximum absolute atomic E-state index is 11.9. The zero-order valence-electron chi connectivity index (χ0n) is 15.6. The van der Waals surface area contributed by atoms with Crippen molar-refractivity contribution in [3.8, 4) is 11.5 Å². The van der Waals surface area contributed by atoms with Crippen LogP contribution in [0.3, 0.4) is 0 Å². The Morgan fingerprint density at radius 1 is 1.00 bits per heavy atom. The van der Waals surface area contributed by atoms with Gasteiger partial charge >= 0.3 is 6.03 Å². The molecular weight excluding hydrogens is 360 g/mol. The lowest BCUT2D eigenvalue weighted by Gasteiger charge is -2.11. The number of urea groups is 1. The Balaban J connectivity index is 1.32. The van der Waals surface area contributed by atoms with Crippen molar-refractivity contribution in [2.24, 2.45) is 0 Å². The lowest BCUT2D eigenvalue weighted by molar-refractivity contribution is 0.241. The van der Waals surface area contributed by atoms with Crippen molar-refractivity contribution in [3.63, 3.8) is 0 Å². The first-order valence-electron chi connectivity index (χ1n) is 9.24. The molecule has 0 unspecified atom stereocenters. The average molecular weight is 387 g/mol. The number of rotatable bonds is 7. The van der Waals surface area contributed by atoms with Gasteiger partial charge in [-0.2, -0.15) is 11.8 Å². The van der Waals surface area contributed by atoms with Gasteiger partial charge in [-0.05, 0) is 30.2 Å². The fourth-order valence-corrected chi connectivity index (χ4v) is 3.49. The predicted octanol–water partition coefficient (Wildman–Crippen LogP) is 3.89. The molecule has 1 heterocycles. The van der Waals surface area contributed by atoms with Gasteiger partial charge in [0.25, 0.3) is 0 Å². The smallest absolute Gasteiger partial charge is 0.315 e. The van der Waals surface area contributed by atoms with E-state index in [9.17, 15) is 4.79 Å². The van der Waals surface area contributed by atoms with Crippen LogP contribution in [0, 0.1) is 6.92 Å². The number of fused-ring (bicyclic) bond motifs is 1. The Morgan fingerprint density at radius 2 is 1.74 bits per heavy atom. The molecule has 2 amide bonds. The number of aryl methyl sites for hydroxylation is 1. The van der Waals surface area contributed by atoms with E-state index >= 15 is 0 Å². The summed E-state index contributed by atoms with van der Waals surface area (Å²) >= 11 is 1.81. The molecule has 0 bridgehead atoms. The Kier molecular flexibility index (Phi) is 7.27. The molecule has 0 saturated heterocycles. The summed E-state index contributed by atoms with van der Waals surface area (Å²) in [7, 11) is 0. The average Bonchev–Trinajstić information content (AvgIpc) is 2.92. The summed E-state index contributed by atoms with van der Waals surface area (Å²) in [5, 5.41) is 5.77.